The van der Waals surface area contributed by atoms with Crippen LogP contribution in [-0.2, 0) is 0 Å². The van der Waals surface area contributed by atoms with Gasteiger partial charge < -0.3 is 20.3 Å². The first-order valence-corrected chi connectivity index (χ1v) is 9.99. The van der Waals surface area contributed by atoms with E-state index in [9.17, 15) is 4.79 Å². The number of likely N-dealkylation sites (tertiary alicyclic amines) is 1. The summed E-state index contributed by atoms with van der Waals surface area (Å²) in [5, 5.41) is 0. The molecule has 2 fully saturated rings. The Bertz CT molecular complexity index is 825. The molecular formula is C21H27N5O2. The number of rotatable bonds is 4. The minimum atomic E-state index is 0.0926. The van der Waals surface area contributed by atoms with Crippen LogP contribution in [0.3, 0.4) is 0 Å². The van der Waals surface area contributed by atoms with E-state index in [1.54, 1.807) is 12.4 Å². The number of amides is 1. The lowest BCUT2D eigenvalue weighted by molar-refractivity contribution is 0.0792. The Morgan fingerprint density at radius 3 is 2.50 bits per heavy atom. The number of aromatic nitrogens is 2. The van der Waals surface area contributed by atoms with Crippen LogP contribution in [0.2, 0.25) is 0 Å². The average Bonchev–Trinajstić information content (AvgIpc) is 3.25. The molecule has 0 atom stereocenters. The fourth-order valence-electron chi connectivity index (χ4n) is 3.87. The van der Waals surface area contributed by atoms with E-state index in [1.807, 2.05) is 30.0 Å². The van der Waals surface area contributed by atoms with E-state index in [4.69, 9.17) is 10.5 Å². The van der Waals surface area contributed by atoms with Crippen molar-refractivity contribution >= 4 is 17.4 Å². The maximum atomic E-state index is 12.4. The van der Waals surface area contributed by atoms with Gasteiger partial charge in [0.15, 0.2) is 0 Å². The number of anilines is 2. The van der Waals surface area contributed by atoms with Gasteiger partial charge in [0, 0.05) is 50.8 Å². The van der Waals surface area contributed by atoms with Crippen molar-refractivity contribution in [1.29, 1.82) is 0 Å². The number of hydrogen-bond acceptors (Lipinski definition) is 6. The summed E-state index contributed by atoms with van der Waals surface area (Å²) in [5.74, 6) is 1.67. The summed E-state index contributed by atoms with van der Waals surface area (Å²) in [5.41, 5.74) is 8.04. The molecule has 7 heteroatoms. The van der Waals surface area contributed by atoms with Gasteiger partial charge in [-0.1, -0.05) is 0 Å². The summed E-state index contributed by atoms with van der Waals surface area (Å²) in [7, 11) is 0. The fraction of sp³-hybridized carbons (Fsp3) is 0.476. The molecule has 0 saturated carbocycles. The molecule has 0 radical (unpaired) electrons. The van der Waals surface area contributed by atoms with Crippen LogP contribution >= 0.6 is 0 Å². The molecule has 2 aromatic heterocycles. The Labute approximate surface area is 165 Å². The minimum absolute atomic E-state index is 0.0926. The van der Waals surface area contributed by atoms with Gasteiger partial charge in [-0.25, -0.2) is 9.97 Å². The van der Waals surface area contributed by atoms with E-state index in [1.165, 1.54) is 0 Å². The number of piperidine rings is 1. The number of carbonyl (C=O) groups excluding carboxylic acids is 1. The molecule has 28 heavy (non-hydrogen) atoms. The number of carbonyl (C=O) groups is 1. The minimum Gasteiger partial charge on any atom is -0.474 e. The molecule has 1 amide bonds. The number of ether oxygens (including phenoxy) is 1. The van der Waals surface area contributed by atoms with Gasteiger partial charge in [-0.3, -0.25) is 4.79 Å². The topological polar surface area (TPSA) is 84.6 Å². The van der Waals surface area contributed by atoms with E-state index in [0.717, 1.165) is 63.2 Å². The van der Waals surface area contributed by atoms with E-state index < -0.39 is 0 Å². The van der Waals surface area contributed by atoms with Crippen LogP contribution in [0.5, 0.6) is 5.88 Å². The maximum absolute atomic E-state index is 12.4. The van der Waals surface area contributed by atoms with Gasteiger partial charge in [-0.05, 0) is 38.0 Å². The summed E-state index contributed by atoms with van der Waals surface area (Å²) in [4.78, 5) is 25.4. The molecule has 4 rings (SSSR count). The zero-order valence-corrected chi connectivity index (χ0v) is 16.3. The largest absolute Gasteiger partial charge is 0.474 e. The van der Waals surface area contributed by atoms with E-state index >= 15 is 0 Å². The molecule has 2 saturated heterocycles. The van der Waals surface area contributed by atoms with E-state index in [2.05, 4.69) is 14.9 Å². The van der Waals surface area contributed by atoms with Crippen molar-refractivity contribution in [2.75, 3.05) is 36.8 Å². The Balaban J connectivity index is 1.32. The van der Waals surface area contributed by atoms with Gasteiger partial charge in [-0.15, -0.1) is 0 Å². The molecule has 0 aliphatic carbocycles. The third-order valence-corrected chi connectivity index (χ3v) is 5.48. The standard InChI is InChI=1S/C21H27N5O2/c1-15-12-17(22)14-24-20(15)28-18-6-10-25(11-7-18)19-5-4-16(13-23-19)21(27)26-8-2-3-9-26/h4-5,12-14,18H,2-3,6-11,22H2,1H3. The van der Waals surface area contributed by atoms with Crippen molar-refractivity contribution in [3.8, 4) is 5.88 Å². The second kappa shape index (κ2) is 8.04. The first-order chi connectivity index (χ1) is 13.6. The zero-order valence-electron chi connectivity index (χ0n) is 16.3. The van der Waals surface area contributed by atoms with Crippen molar-refractivity contribution < 1.29 is 9.53 Å². The van der Waals surface area contributed by atoms with Crippen LogP contribution in [0, 0.1) is 6.92 Å². The first-order valence-electron chi connectivity index (χ1n) is 9.99. The molecule has 2 aliphatic heterocycles. The van der Waals surface area contributed by atoms with Crippen molar-refractivity contribution in [3.05, 3.63) is 41.7 Å². The van der Waals surface area contributed by atoms with Crippen LogP contribution in [-0.4, -0.2) is 53.1 Å². The van der Waals surface area contributed by atoms with Crippen LogP contribution in [0.1, 0.15) is 41.6 Å². The average molecular weight is 381 g/mol. The van der Waals surface area contributed by atoms with Crippen molar-refractivity contribution in [3.63, 3.8) is 0 Å². The molecule has 148 valence electrons. The van der Waals surface area contributed by atoms with Crippen LogP contribution < -0.4 is 15.4 Å². The Morgan fingerprint density at radius 1 is 1.11 bits per heavy atom. The third kappa shape index (κ3) is 4.03. The zero-order chi connectivity index (χ0) is 19.5. The molecule has 2 aliphatic rings. The van der Waals surface area contributed by atoms with E-state index in [-0.39, 0.29) is 12.0 Å². The highest BCUT2D eigenvalue weighted by Crippen LogP contribution is 2.24. The lowest BCUT2D eigenvalue weighted by Crippen LogP contribution is -2.39. The summed E-state index contributed by atoms with van der Waals surface area (Å²) >= 11 is 0. The Kier molecular flexibility index (Phi) is 5.32. The van der Waals surface area contributed by atoms with Crippen molar-refractivity contribution in [1.82, 2.24) is 14.9 Å². The SMILES string of the molecule is Cc1cc(N)cnc1OC1CCN(c2ccc(C(=O)N3CCCC3)cn2)CC1. The highest BCUT2D eigenvalue weighted by molar-refractivity contribution is 5.94. The summed E-state index contributed by atoms with van der Waals surface area (Å²) in [6.45, 7) is 5.41. The molecule has 0 aromatic carbocycles. The lowest BCUT2D eigenvalue weighted by Gasteiger charge is -2.33. The molecule has 0 bridgehead atoms. The Hall–Kier alpha value is -2.83. The highest BCUT2D eigenvalue weighted by atomic mass is 16.5. The number of pyridine rings is 2. The van der Waals surface area contributed by atoms with Crippen molar-refractivity contribution in [2.24, 2.45) is 0 Å². The number of hydrogen-bond donors (Lipinski definition) is 1. The molecule has 7 nitrogen and oxygen atoms in total. The number of nitrogens with zero attached hydrogens (tertiary/aromatic N) is 4. The van der Waals surface area contributed by atoms with Gasteiger partial charge >= 0.3 is 0 Å². The molecule has 0 unspecified atom stereocenters. The van der Waals surface area contributed by atoms with Gasteiger partial charge in [0.25, 0.3) is 5.91 Å². The van der Waals surface area contributed by atoms with Crippen LogP contribution in [0.25, 0.3) is 0 Å². The normalized spacial score (nSPS) is 17.8. The number of nitrogens with two attached hydrogens (primary N) is 1. The predicted molar refractivity (Wildman–Crippen MR) is 109 cm³/mol. The molecular weight excluding hydrogens is 354 g/mol. The molecule has 2 N–H and O–H groups in total. The quantitative estimate of drug-likeness (QED) is 0.876. The van der Waals surface area contributed by atoms with Gasteiger partial charge in [0.1, 0.15) is 11.9 Å². The summed E-state index contributed by atoms with van der Waals surface area (Å²) < 4.78 is 6.07. The van der Waals surface area contributed by atoms with Crippen molar-refractivity contribution in [2.45, 2.75) is 38.7 Å². The number of aryl methyl sites for hydroxylation is 1. The second-order valence-electron chi connectivity index (χ2n) is 7.60. The monoisotopic (exact) mass is 381 g/mol. The Morgan fingerprint density at radius 2 is 1.86 bits per heavy atom. The lowest BCUT2D eigenvalue weighted by atomic mass is 10.1. The van der Waals surface area contributed by atoms with Gasteiger partial charge in [0.05, 0.1) is 17.4 Å². The van der Waals surface area contributed by atoms with Gasteiger partial charge in [-0.2, -0.15) is 0 Å². The summed E-state index contributed by atoms with van der Waals surface area (Å²) in [6.07, 6.45) is 7.48. The van der Waals surface area contributed by atoms with Crippen LogP contribution in [0.4, 0.5) is 11.5 Å². The molecule has 4 heterocycles. The summed E-state index contributed by atoms with van der Waals surface area (Å²) in [6, 6.07) is 5.73. The predicted octanol–water partition coefficient (Wildman–Crippen LogP) is 2.65. The van der Waals surface area contributed by atoms with E-state index in [0.29, 0.717) is 17.1 Å². The van der Waals surface area contributed by atoms with Gasteiger partial charge in [0.2, 0.25) is 5.88 Å². The maximum Gasteiger partial charge on any atom is 0.255 e. The molecule has 0 spiro atoms. The molecule has 2 aromatic rings. The first kappa shape index (κ1) is 18.5. The fourth-order valence-corrected chi connectivity index (χ4v) is 3.87. The second-order valence-corrected chi connectivity index (χ2v) is 7.60. The number of nitrogen functional groups attached to an aromatic ring is 1. The highest BCUT2D eigenvalue weighted by Gasteiger charge is 2.23. The smallest absolute Gasteiger partial charge is 0.255 e. The van der Waals surface area contributed by atoms with Crippen LogP contribution in [0.15, 0.2) is 30.6 Å². The third-order valence-electron chi connectivity index (χ3n) is 5.48.